The van der Waals surface area contributed by atoms with Crippen molar-refractivity contribution < 1.29 is 49.3 Å². The Bertz CT molecular complexity index is 1370. The summed E-state index contributed by atoms with van der Waals surface area (Å²) in [5.74, 6) is -1.20. The predicted molar refractivity (Wildman–Crippen MR) is 301 cm³/mol. The lowest BCUT2D eigenvalue weighted by Crippen LogP contribution is -2.61. The normalized spacial score (nSPS) is 19.7. The van der Waals surface area contributed by atoms with E-state index in [2.05, 4.69) is 62.5 Å². The van der Waals surface area contributed by atoms with Crippen LogP contribution >= 0.6 is 0 Å². The molecule has 1 aliphatic heterocycles. The summed E-state index contributed by atoms with van der Waals surface area (Å²) in [4.78, 5) is 26.4. The monoisotopic (exact) mass is 1030 g/mol. The molecule has 11 nitrogen and oxygen atoms in total. The summed E-state index contributed by atoms with van der Waals surface area (Å²) in [5.41, 5.74) is 0. The zero-order valence-electron chi connectivity index (χ0n) is 47.0. The van der Waals surface area contributed by atoms with E-state index in [0.29, 0.717) is 12.8 Å². The van der Waals surface area contributed by atoms with Gasteiger partial charge >= 0.3 is 5.97 Å². The molecule has 8 unspecified atom stereocenters. The van der Waals surface area contributed by atoms with Gasteiger partial charge in [0.2, 0.25) is 5.91 Å². The minimum absolute atomic E-state index is 0.122. The average Bonchev–Trinajstić information content (AvgIpc) is 3.39. The van der Waals surface area contributed by atoms with E-state index in [1.807, 2.05) is 6.08 Å². The summed E-state index contributed by atoms with van der Waals surface area (Å²) in [6.07, 6.45) is 50.3. The van der Waals surface area contributed by atoms with Crippen molar-refractivity contribution in [2.24, 2.45) is 0 Å². The van der Waals surface area contributed by atoms with Gasteiger partial charge < -0.3 is 45.1 Å². The highest BCUT2D eigenvalue weighted by molar-refractivity contribution is 5.80. The number of carbonyl (C=O) groups excluding carboxylic acids is 2. The van der Waals surface area contributed by atoms with Crippen LogP contribution in [0.15, 0.2) is 48.6 Å². The highest BCUT2D eigenvalue weighted by Crippen LogP contribution is 2.26. The Morgan fingerprint density at radius 3 is 1.48 bits per heavy atom. The van der Waals surface area contributed by atoms with Gasteiger partial charge in [-0.2, -0.15) is 0 Å². The molecule has 1 saturated heterocycles. The molecule has 1 heterocycles. The number of rotatable bonds is 51. The number of ether oxygens (including phenoxy) is 3. The highest BCUT2D eigenvalue weighted by Gasteiger charge is 2.47. The molecule has 1 fully saturated rings. The van der Waals surface area contributed by atoms with Crippen LogP contribution in [0.1, 0.15) is 271 Å². The largest absolute Gasteiger partial charge is 0.454 e. The maximum Gasteiger partial charge on any atom is 0.306 e. The Morgan fingerprint density at radius 2 is 0.959 bits per heavy atom. The van der Waals surface area contributed by atoms with Crippen LogP contribution in [0.25, 0.3) is 0 Å². The van der Waals surface area contributed by atoms with E-state index < -0.39 is 67.4 Å². The van der Waals surface area contributed by atoms with Crippen LogP contribution < -0.4 is 5.32 Å². The van der Waals surface area contributed by atoms with Crippen LogP contribution in [-0.4, -0.2) is 99.6 Å². The summed E-state index contributed by atoms with van der Waals surface area (Å²) in [6, 6.07) is -1.03. The zero-order valence-corrected chi connectivity index (χ0v) is 47.0. The summed E-state index contributed by atoms with van der Waals surface area (Å²) in [5, 5.41) is 56.8. The molecular formula is C62H113NO10. The van der Waals surface area contributed by atoms with Gasteiger partial charge in [-0.25, -0.2) is 0 Å². The fourth-order valence-electron chi connectivity index (χ4n) is 9.31. The molecule has 0 aliphatic carbocycles. The number of allylic oxidation sites excluding steroid dienone is 7. The Hall–Kier alpha value is -2.38. The van der Waals surface area contributed by atoms with E-state index in [4.69, 9.17) is 14.2 Å². The van der Waals surface area contributed by atoms with E-state index >= 15 is 0 Å². The molecule has 11 heteroatoms. The van der Waals surface area contributed by atoms with E-state index in [1.54, 1.807) is 6.08 Å². The summed E-state index contributed by atoms with van der Waals surface area (Å²) < 4.78 is 17.6. The van der Waals surface area contributed by atoms with Gasteiger partial charge in [-0.15, -0.1) is 0 Å². The number of nitrogens with one attached hydrogen (secondary N) is 1. The molecule has 0 radical (unpaired) electrons. The van der Waals surface area contributed by atoms with Crippen LogP contribution in [0.3, 0.4) is 0 Å². The van der Waals surface area contributed by atoms with Crippen LogP contribution in [-0.2, 0) is 23.8 Å². The van der Waals surface area contributed by atoms with Gasteiger partial charge in [0.1, 0.15) is 24.4 Å². The maximum atomic E-state index is 13.3. The molecule has 1 aliphatic rings. The molecule has 0 aromatic rings. The Balaban J connectivity index is 2.59. The van der Waals surface area contributed by atoms with Crippen molar-refractivity contribution >= 4 is 11.9 Å². The standard InChI is InChI=1S/C62H113NO10/c1-4-7-10-13-16-19-22-23-24-25-26-27-28-29-30-31-32-33-35-38-41-44-47-50-57(67)73-60-59(69)58(68)56(51-64)72-62(60)71-52-53(54(65)48-45-42-39-37-34-20-17-14-11-8-5-2)63-61(70)55(66)49-46-43-40-36-21-18-15-12-9-6-3/h15-16,18-19,23-24,45,48,53-56,58-60,62,64-66,68-69H,4-14,17,20-22,25-44,46-47,49-52H2,1-3H3,(H,63,70)/b18-15-,19-16-,24-23-,48-45+. The summed E-state index contributed by atoms with van der Waals surface area (Å²) in [7, 11) is 0. The molecule has 426 valence electrons. The van der Waals surface area contributed by atoms with Crippen LogP contribution in [0.2, 0.25) is 0 Å². The number of aliphatic hydroxyl groups excluding tert-OH is 5. The smallest absolute Gasteiger partial charge is 0.306 e. The number of hydrogen-bond donors (Lipinski definition) is 6. The van der Waals surface area contributed by atoms with Crippen molar-refractivity contribution in [3.8, 4) is 0 Å². The third kappa shape index (κ3) is 38.8. The first-order chi connectivity index (χ1) is 35.7. The van der Waals surface area contributed by atoms with Crippen molar-refractivity contribution in [1.29, 1.82) is 0 Å². The third-order valence-electron chi connectivity index (χ3n) is 14.2. The second-order valence-corrected chi connectivity index (χ2v) is 21.1. The number of aliphatic hydroxyl groups is 5. The zero-order chi connectivity index (χ0) is 53.3. The predicted octanol–water partition coefficient (Wildman–Crippen LogP) is 14.1. The van der Waals surface area contributed by atoms with E-state index in [0.717, 1.165) is 77.0 Å². The first-order valence-electron chi connectivity index (χ1n) is 30.4. The lowest BCUT2D eigenvalue weighted by Gasteiger charge is -2.41. The van der Waals surface area contributed by atoms with Crippen molar-refractivity contribution in [2.45, 2.75) is 320 Å². The van der Waals surface area contributed by atoms with E-state index in [9.17, 15) is 35.1 Å². The third-order valence-corrected chi connectivity index (χ3v) is 14.2. The SMILES string of the molecule is CCCC/C=C\CCCCCCC(O)C(=O)NC(COC1OC(CO)C(O)C(O)C1OC(=O)CCCCCCCCCCCCCCC/C=C\C/C=C\CCCCC)C(O)/C=C/CCCCCCCCCCC. The van der Waals surface area contributed by atoms with Crippen molar-refractivity contribution in [2.75, 3.05) is 13.2 Å². The number of amides is 1. The fraction of sp³-hybridized carbons (Fsp3) is 0.839. The molecule has 0 bridgehead atoms. The molecule has 8 atom stereocenters. The van der Waals surface area contributed by atoms with E-state index in [1.165, 1.54) is 148 Å². The van der Waals surface area contributed by atoms with Gasteiger partial charge in [-0.3, -0.25) is 9.59 Å². The van der Waals surface area contributed by atoms with Gasteiger partial charge in [-0.1, -0.05) is 236 Å². The van der Waals surface area contributed by atoms with Crippen molar-refractivity contribution in [3.05, 3.63) is 48.6 Å². The fourth-order valence-corrected chi connectivity index (χ4v) is 9.31. The van der Waals surface area contributed by atoms with Gasteiger partial charge in [0.05, 0.1) is 25.4 Å². The lowest BCUT2D eigenvalue weighted by atomic mass is 9.99. The number of unbranched alkanes of at least 4 members (excludes halogenated alkanes) is 31. The second-order valence-electron chi connectivity index (χ2n) is 21.1. The molecule has 1 rings (SSSR count). The molecule has 0 spiro atoms. The Morgan fingerprint density at radius 1 is 0.534 bits per heavy atom. The van der Waals surface area contributed by atoms with Gasteiger partial charge in [0, 0.05) is 6.42 Å². The number of carbonyl (C=O) groups is 2. The minimum atomic E-state index is -1.61. The summed E-state index contributed by atoms with van der Waals surface area (Å²) >= 11 is 0. The first-order valence-corrected chi connectivity index (χ1v) is 30.4. The van der Waals surface area contributed by atoms with Crippen molar-refractivity contribution in [1.82, 2.24) is 5.32 Å². The van der Waals surface area contributed by atoms with Gasteiger partial charge in [0.15, 0.2) is 12.4 Å². The molecule has 0 saturated carbocycles. The van der Waals surface area contributed by atoms with Crippen LogP contribution in [0, 0.1) is 0 Å². The second kappa shape index (κ2) is 50.4. The maximum absolute atomic E-state index is 13.3. The highest BCUT2D eigenvalue weighted by atomic mass is 16.7. The molecular weight excluding hydrogens is 919 g/mol. The van der Waals surface area contributed by atoms with Gasteiger partial charge in [0.25, 0.3) is 0 Å². The summed E-state index contributed by atoms with van der Waals surface area (Å²) in [6.45, 7) is 5.70. The molecule has 1 amide bonds. The number of esters is 1. The van der Waals surface area contributed by atoms with Crippen LogP contribution in [0.4, 0.5) is 0 Å². The minimum Gasteiger partial charge on any atom is -0.454 e. The first kappa shape index (κ1) is 68.6. The van der Waals surface area contributed by atoms with Gasteiger partial charge in [-0.05, 0) is 77.0 Å². The van der Waals surface area contributed by atoms with Crippen LogP contribution in [0.5, 0.6) is 0 Å². The molecule has 0 aromatic carbocycles. The quantitative estimate of drug-likeness (QED) is 0.0195. The number of hydrogen-bond acceptors (Lipinski definition) is 10. The molecule has 6 N–H and O–H groups in total. The Labute approximate surface area is 446 Å². The lowest BCUT2D eigenvalue weighted by molar-refractivity contribution is -0.305. The average molecular weight is 1030 g/mol. The van der Waals surface area contributed by atoms with Crippen molar-refractivity contribution in [3.63, 3.8) is 0 Å². The topological polar surface area (TPSA) is 175 Å². The van der Waals surface area contributed by atoms with E-state index in [-0.39, 0.29) is 19.4 Å². The molecule has 73 heavy (non-hydrogen) atoms. The Kier molecular flexibility index (Phi) is 47.4. The molecule has 0 aromatic heterocycles.